The summed E-state index contributed by atoms with van der Waals surface area (Å²) >= 11 is 0. The molecule has 0 amide bonds. The van der Waals surface area contributed by atoms with Gasteiger partial charge in [-0.05, 0) is 24.5 Å². The summed E-state index contributed by atoms with van der Waals surface area (Å²) in [5.74, 6) is 1.45. The first-order valence-electron chi connectivity index (χ1n) is 6.42. The number of hydrogen-bond acceptors (Lipinski definition) is 3. The van der Waals surface area contributed by atoms with Gasteiger partial charge in [-0.25, -0.2) is 0 Å². The lowest BCUT2D eigenvalue weighted by molar-refractivity contribution is 0.0256. The summed E-state index contributed by atoms with van der Waals surface area (Å²) in [7, 11) is 0. The van der Waals surface area contributed by atoms with E-state index >= 15 is 0 Å². The molecule has 3 atom stereocenters. The van der Waals surface area contributed by atoms with Gasteiger partial charge in [0.25, 0.3) is 0 Å². The maximum Gasteiger partial charge on any atom is 0.123 e. The van der Waals surface area contributed by atoms with E-state index in [4.69, 9.17) is 15.2 Å². The number of benzene rings is 1. The van der Waals surface area contributed by atoms with Crippen molar-refractivity contribution in [1.29, 1.82) is 0 Å². The Morgan fingerprint density at radius 1 is 1.29 bits per heavy atom. The van der Waals surface area contributed by atoms with Crippen molar-refractivity contribution in [2.24, 2.45) is 11.7 Å². The monoisotopic (exact) mass is 233 g/mol. The molecule has 2 heterocycles. The Labute approximate surface area is 102 Å². The minimum Gasteiger partial charge on any atom is -0.488 e. The Morgan fingerprint density at radius 2 is 2.18 bits per heavy atom. The van der Waals surface area contributed by atoms with Crippen LogP contribution in [0.1, 0.15) is 18.4 Å². The second-order valence-electron chi connectivity index (χ2n) is 5.02. The summed E-state index contributed by atoms with van der Waals surface area (Å²) < 4.78 is 11.4. The molecule has 2 N–H and O–H groups in total. The smallest absolute Gasteiger partial charge is 0.123 e. The van der Waals surface area contributed by atoms with Crippen LogP contribution in [0.3, 0.4) is 0 Å². The summed E-state index contributed by atoms with van der Waals surface area (Å²) in [6.07, 6.45) is 3.35. The van der Waals surface area contributed by atoms with Crippen LogP contribution in [0.4, 0.5) is 0 Å². The average Bonchev–Trinajstić information content (AvgIpc) is 2.82. The van der Waals surface area contributed by atoms with Gasteiger partial charge in [0.05, 0.1) is 6.61 Å². The number of para-hydroxylation sites is 1. The lowest BCUT2D eigenvalue weighted by atomic mass is 9.89. The Kier molecular flexibility index (Phi) is 3.04. The van der Waals surface area contributed by atoms with E-state index in [1.165, 1.54) is 5.56 Å². The van der Waals surface area contributed by atoms with Crippen LogP contribution in [0.25, 0.3) is 0 Å². The molecule has 0 aromatic heterocycles. The van der Waals surface area contributed by atoms with Crippen LogP contribution < -0.4 is 10.5 Å². The van der Waals surface area contributed by atoms with Gasteiger partial charge < -0.3 is 15.2 Å². The van der Waals surface area contributed by atoms with E-state index in [9.17, 15) is 0 Å². The van der Waals surface area contributed by atoms with E-state index in [1.807, 2.05) is 12.1 Å². The highest BCUT2D eigenvalue weighted by molar-refractivity contribution is 5.37. The molecule has 2 aliphatic heterocycles. The van der Waals surface area contributed by atoms with E-state index in [0.717, 1.165) is 38.2 Å². The van der Waals surface area contributed by atoms with Crippen molar-refractivity contribution in [2.75, 3.05) is 13.2 Å². The quantitative estimate of drug-likeness (QED) is 0.846. The normalized spacial score (nSPS) is 29.5. The SMILES string of the molecule is NC(C1CCCOC1)C1Cc2ccccc2O1. The molecule has 0 saturated carbocycles. The predicted molar refractivity (Wildman–Crippen MR) is 66.1 cm³/mol. The maximum absolute atomic E-state index is 6.33. The molecular formula is C14H19NO2. The molecule has 1 fully saturated rings. The minimum absolute atomic E-state index is 0.0858. The molecule has 92 valence electrons. The first kappa shape index (κ1) is 11.1. The van der Waals surface area contributed by atoms with Gasteiger partial charge in [-0.1, -0.05) is 18.2 Å². The van der Waals surface area contributed by atoms with Gasteiger partial charge in [0, 0.05) is 25.0 Å². The van der Waals surface area contributed by atoms with Gasteiger partial charge in [-0.2, -0.15) is 0 Å². The molecule has 0 spiro atoms. The topological polar surface area (TPSA) is 44.5 Å². The van der Waals surface area contributed by atoms with Crippen molar-refractivity contribution in [3.63, 3.8) is 0 Å². The summed E-state index contributed by atoms with van der Waals surface area (Å²) in [5.41, 5.74) is 7.61. The molecule has 1 aromatic rings. The van der Waals surface area contributed by atoms with Crippen LogP contribution in [-0.4, -0.2) is 25.4 Å². The standard InChI is InChI=1S/C14H19NO2/c15-14(11-5-3-7-16-9-11)13-8-10-4-1-2-6-12(10)17-13/h1-2,4,6,11,13-14H,3,5,7-9,15H2. The highest BCUT2D eigenvalue weighted by Gasteiger charge is 2.33. The summed E-state index contributed by atoms with van der Waals surface area (Å²) in [6.45, 7) is 1.67. The first-order valence-corrected chi connectivity index (χ1v) is 6.42. The van der Waals surface area contributed by atoms with Crippen molar-refractivity contribution >= 4 is 0 Å². The molecule has 3 nitrogen and oxygen atoms in total. The van der Waals surface area contributed by atoms with Gasteiger partial charge in [-0.3, -0.25) is 0 Å². The number of rotatable bonds is 2. The zero-order valence-electron chi connectivity index (χ0n) is 9.97. The van der Waals surface area contributed by atoms with E-state index < -0.39 is 0 Å². The molecule has 3 unspecified atom stereocenters. The van der Waals surface area contributed by atoms with E-state index in [-0.39, 0.29) is 12.1 Å². The van der Waals surface area contributed by atoms with Crippen LogP contribution in [-0.2, 0) is 11.2 Å². The molecular weight excluding hydrogens is 214 g/mol. The summed E-state index contributed by atoms with van der Waals surface area (Å²) in [4.78, 5) is 0. The third kappa shape index (κ3) is 2.17. The minimum atomic E-state index is 0.0858. The molecule has 0 bridgehead atoms. The van der Waals surface area contributed by atoms with E-state index in [1.54, 1.807) is 0 Å². The number of nitrogens with two attached hydrogens (primary N) is 1. The van der Waals surface area contributed by atoms with Gasteiger partial charge in [0.15, 0.2) is 0 Å². The fourth-order valence-electron chi connectivity index (χ4n) is 2.80. The van der Waals surface area contributed by atoms with Crippen molar-refractivity contribution in [1.82, 2.24) is 0 Å². The van der Waals surface area contributed by atoms with Crippen LogP contribution in [0.2, 0.25) is 0 Å². The van der Waals surface area contributed by atoms with Gasteiger partial charge >= 0.3 is 0 Å². The van der Waals surface area contributed by atoms with Crippen LogP contribution in [0, 0.1) is 5.92 Å². The van der Waals surface area contributed by atoms with Crippen molar-refractivity contribution in [3.8, 4) is 5.75 Å². The van der Waals surface area contributed by atoms with Crippen LogP contribution in [0.5, 0.6) is 5.75 Å². The van der Waals surface area contributed by atoms with Crippen molar-refractivity contribution in [2.45, 2.75) is 31.4 Å². The third-order valence-electron chi connectivity index (χ3n) is 3.84. The molecule has 0 radical (unpaired) electrons. The first-order chi connectivity index (χ1) is 8.34. The Bertz CT molecular complexity index is 363. The highest BCUT2D eigenvalue weighted by atomic mass is 16.5. The van der Waals surface area contributed by atoms with E-state index in [2.05, 4.69) is 12.1 Å². The Morgan fingerprint density at radius 3 is 2.94 bits per heavy atom. The second kappa shape index (κ2) is 4.67. The van der Waals surface area contributed by atoms with Crippen molar-refractivity contribution in [3.05, 3.63) is 29.8 Å². The fourth-order valence-corrected chi connectivity index (χ4v) is 2.80. The zero-order chi connectivity index (χ0) is 11.7. The molecule has 1 saturated heterocycles. The lowest BCUT2D eigenvalue weighted by Gasteiger charge is -2.30. The molecule has 3 heteroatoms. The summed E-state index contributed by atoms with van der Waals surface area (Å²) in [6, 6.07) is 8.30. The maximum atomic E-state index is 6.33. The third-order valence-corrected chi connectivity index (χ3v) is 3.84. The van der Waals surface area contributed by atoms with Crippen LogP contribution >= 0.6 is 0 Å². The molecule has 2 aliphatic rings. The molecule has 17 heavy (non-hydrogen) atoms. The zero-order valence-corrected chi connectivity index (χ0v) is 9.97. The lowest BCUT2D eigenvalue weighted by Crippen LogP contribution is -2.46. The molecule has 1 aromatic carbocycles. The summed E-state index contributed by atoms with van der Waals surface area (Å²) in [5, 5.41) is 0. The molecule has 0 aliphatic carbocycles. The molecule has 3 rings (SSSR count). The average molecular weight is 233 g/mol. The fraction of sp³-hybridized carbons (Fsp3) is 0.571. The van der Waals surface area contributed by atoms with Gasteiger partial charge in [0.2, 0.25) is 0 Å². The van der Waals surface area contributed by atoms with Crippen LogP contribution in [0.15, 0.2) is 24.3 Å². The largest absolute Gasteiger partial charge is 0.488 e. The predicted octanol–water partition coefficient (Wildman–Crippen LogP) is 1.74. The highest BCUT2D eigenvalue weighted by Crippen LogP contribution is 2.31. The Hall–Kier alpha value is -1.06. The van der Waals surface area contributed by atoms with Gasteiger partial charge in [0.1, 0.15) is 11.9 Å². The second-order valence-corrected chi connectivity index (χ2v) is 5.02. The van der Waals surface area contributed by atoms with Gasteiger partial charge in [-0.15, -0.1) is 0 Å². The number of hydrogen-bond donors (Lipinski definition) is 1. The Balaban J connectivity index is 1.67. The van der Waals surface area contributed by atoms with Crippen molar-refractivity contribution < 1.29 is 9.47 Å². The van der Waals surface area contributed by atoms with E-state index in [0.29, 0.717) is 5.92 Å². The number of ether oxygens (including phenoxy) is 2. The number of fused-ring (bicyclic) bond motifs is 1.